The number of guanidine groups is 1. The third-order valence-corrected chi connectivity index (χ3v) is 3.86. The highest BCUT2D eigenvalue weighted by Gasteiger charge is 1.95. The molecule has 6 heteroatoms. The van der Waals surface area contributed by atoms with Crippen LogP contribution in [0.4, 0.5) is 0 Å². The van der Waals surface area contributed by atoms with E-state index in [9.17, 15) is 0 Å². The number of allylic oxidation sites excluding steroid dienone is 2. The average Bonchev–Trinajstić information content (AvgIpc) is 2.63. The molecule has 0 atom stereocenters. The first-order valence-corrected chi connectivity index (χ1v) is 8.65. The molecule has 26 heavy (non-hydrogen) atoms. The molecule has 0 unspecified atom stereocenters. The Labute approximate surface area is 163 Å². The molecule has 0 bridgehead atoms. The molecule has 4 nitrogen and oxygen atoms in total. The minimum Gasteiger partial charge on any atom is -0.368 e. The van der Waals surface area contributed by atoms with E-state index in [1.54, 1.807) is 19.0 Å². The van der Waals surface area contributed by atoms with Gasteiger partial charge in [-0.1, -0.05) is 59.6 Å². The fourth-order valence-corrected chi connectivity index (χ4v) is 2.08. The molecule has 2 rings (SSSR count). The Kier molecular flexibility index (Phi) is 7.45. The van der Waals surface area contributed by atoms with Crippen molar-refractivity contribution in [1.29, 1.82) is 0 Å². The average molecular weight is 387 g/mol. The van der Waals surface area contributed by atoms with Crippen LogP contribution in [0.5, 0.6) is 0 Å². The molecule has 0 spiro atoms. The molecule has 0 amide bonds. The predicted molar refractivity (Wildman–Crippen MR) is 114 cm³/mol. The van der Waals surface area contributed by atoms with Crippen molar-refractivity contribution in [1.82, 2.24) is 4.90 Å². The summed E-state index contributed by atoms with van der Waals surface area (Å²) in [5.41, 5.74) is 8.47. The Bertz CT molecular complexity index is 776. The summed E-state index contributed by atoms with van der Waals surface area (Å²) in [5.74, 6) is 0.322. The van der Waals surface area contributed by atoms with Gasteiger partial charge in [-0.2, -0.15) is 0 Å². The van der Waals surface area contributed by atoms with Crippen LogP contribution in [0.3, 0.4) is 0 Å². The van der Waals surface area contributed by atoms with Gasteiger partial charge in [0.25, 0.3) is 0 Å². The smallest absolute Gasteiger partial charge is 0.215 e. The standard InChI is InChI=1S/C20H20Cl2N4/c1-26(2)20(23)25-24-19(13-7-15-3-9-17(21)10-4-15)14-8-16-5-11-18(22)12-6-16/h3-14H,1-2H3,(H2,23,25)/b13-7+,14-8+. The van der Waals surface area contributed by atoms with Crippen molar-refractivity contribution in [3.05, 3.63) is 81.9 Å². The maximum Gasteiger partial charge on any atom is 0.215 e. The first-order valence-electron chi connectivity index (χ1n) is 7.90. The zero-order valence-electron chi connectivity index (χ0n) is 14.6. The van der Waals surface area contributed by atoms with E-state index >= 15 is 0 Å². The summed E-state index contributed by atoms with van der Waals surface area (Å²) in [6.07, 6.45) is 7.59. The summed E-state index contributed by atoms with van der Waals surface area (Å²) in [6.45, 7) is 0. The number of halogens is 2. The minimum atomic E-state index is 0.322. The quantitative estimate of drug-likeness (QED) is 0.448. The van der Waals surface area contributed by atoms with Crippen LogP contribution in [-0.2, 0) is 0 Å². The van der Waals surface area contributed by atoms with Crippen molar-refractivity contribution in [2.45, 2.75) is 0 Å². The van der Waals surface area contributed by atoms with Crippen LogP contribution in [0.2, 0.25) is 10.0 Å². The molecule has 0 aliphatic rings. The lowest BCUT2D eigenvalue weighted by Crippen LogP contribution is -2.29. The fourth-order valence-electron chi connectivity index (χ4n) is 1.83. The zero-order valence-corrected chi connectivity index (χ0v) is 16.1. The van der Waals surface area contributed by atoms with E-state index in [4.69, 9.17) is 28.9 Å². The first-order chi connectivity index (χ1) is 12.4. The van der Waals surface area contributed by atoms with Crippen LogP contribution >= 0.6 is 23.2 Å². The Hall–Kier alpha value is -2.56. The summed E-state index contributed by atoms with van der Waals surface area (Å²) in [4.78, 5) is 1.69. The van der Waals surface area contributed by atoms with Crippen molar-refractivity contribution >= 4 is 47.0 Å². The van der Waals surface area contributed by atoms with Crippen molar-refractivity contribution in [3.8, 4) is 0 Å². The largest absolute Gasteiger partial charge is 0.368 e. The molecule has 0 fully saturated rings. The number of hydrogen-bond donors (Lipinski definition) is 1. The highest BCUT2D eigenvalue weighted by atomic mass is 35.5. The highest BCUT2D eigenvalue weighted by Crippen LogP contribution is 2.12. The summed E-state index contributed by atoms with van der Waals surface area (Å²) in [5, 5.41) is 9.66. The number of benzene rings is 2. The van der Waals surface area contributed by atoms with Crippen LogP contribution in [0.15, 0.2) is 70.9 Å². The lowest BCUT2D eigenvalue weighted by atomic mass is 10.1. The number of hydrogen-bond acceptors (Lipinski definition) is 2. The normalized spacial score (nSPS) is 11.9. The van der Waals surface area contributed by atoms with E-state index in [-0.39, 0.29) is 0 Å². The summed E-state index contributed by atoms with van der Waals surface area (Å²) in [7, 11) is 3.61. The van der Waals surface area contributed by atoms with Crippen LogP contribution < -0.4 is 5.73 Å². The van der Waals surface area contributed by atoms with E-state index in [1.165, 1.54) is 0 Å². The van der Waals surface area contributed by atoms with Crippen molar-refractivity contribution in [2.75, 3.05) is 14.1 Å². The summed E-state index contributed by atoms with van der Waals surface area (Å²) in [6, 6.07) is 15.1. The van der Waals surface area contributed by atoms with Crippen LogP contribution in [-0.4, -0.2) is 30.7 Å². The second-order valence-electron chi connectivity index (χ2n) is 5.65. The Morgan fingerprint density at radius 2 is 1.23 bits per heavy atom. The van der Waals surface area contributed by atoms with Gasteiger partial charge >= 0.3 is 0 Å². The topological polar surface area (TPSA) is 54.0 Å². The molecule has 0 aliphatic carbocycles. The molecule has 2 aromatic rings. The van der Waals surface area contributed by atoms with E-state index < -0.39 is 0 Å². The maximum atomic E-state index is 5.91. The third kappa shape index (κ3) is 6.75. The van der Waals surface area contributed by atoms with Gasteiger partial charge in [-0.05, 0) is 47.5 Å². The molecule has 134 valence electrons. The molecule has 2 N–H and O–H groups in total. The van der Waals surface area contributed by atoms with Gasteiger partial charge in [0.2, 0.25) is 5.96 Å². The Balaban J connectivity index is 2.26. The van der Waals surface area contributed by atoms with Gasteiger partial charge in [0.05, 0.1) is 5.71 Å². The second-order valence-corrected chi connectivity index (χ2v) is 6.52. The molecular formula is C20H20Cl2N4. The van der Waals surface area contributed by atoms with Crippen LogP contribution in [0, 0.1) is 0 Å². The lowest BCUT2D eigenvalue weighted by molar-refractivity contribution is 0.611. The number of nitrogens with two attached hydrogens (primary N) is 1. The van der Waals surface area contributed by atoms with Crippen molar-refractivity contribution in [2.24, 2.45) is 15.9 Å². The van der Waals surface area contributed by atoms with Crippen molar-refractivity contribution < 1.29 is 0 Å². The van der Waals surface area contributed by atoms with Gasteiger partial charge in [-0.15, -0.1) is 10.2 Å². The van der Waals surface area contributed by atoms with Crippen LogP contribution in [0.25, 0.3) is 12.2 Å². The molecule has 0 aliphatic heterocycles. The zero-order chi connectivity index (χ0) is 18.9. The van der Waals surface area contributed by atoms with Gasteiger partial charge in [0.1, 0.15) is 0 Å². The Morgan fingerprint density at radius 1 is 0.808 bits per heavy atom. The molecule has 2 aromatic carbocycles. The maximum absolute atomic E-state index is 5.91. The van der Waals surface area contributed by atoms with E-state index in [1.807, 2.05) is 72.8 Å². The van der Waals surface area contributed by atoms with E-state index in [0.29, 0.717) is 21.7 Å². The van der Waals surface area contributed by atoms with Crippen LogP contribution in [0.1, 0.15) is 11.1 Å². The van der Waals surface area contributed by atoms with Crippen molar-refractivity contribution in [3.63, 3.8) is 0 Å². The lowest BCUT2D eigenvalue weighted by Gasteiger charge is -2.07. The molecule has 0 saturated carbocycles. The number of rotatable bonds is 5. The van der Waals surface area contributed by atoms with Gasteiger partial charge in [0, 0.05) is 24.1 Å². The summed E-state index contributed by atoms with van der Waals surface area (Å²) >= 11 is 11.8. The van der Waals surface area contributed by atoms with Gasteiger partial charge in [0.15, 0.2) is 0 Å². The van der Waals surface area contributed by atoms with Gasteiger partial charge < -0.3 is 10.6 Å². The van der Waals surface area contributed by atoms with E-state index in [2.05, 4.69) is 10.2 Å². The van der Waals surface area contributed by atoms with Gasteiger partial charge in [-0.25, -0.2) is 0 Å². The van der Waals surface area contributed by atoms with E-state index in [0.717, 1.165) is 11.1 Å². The molecule has 0 radical (unpaired) electrons. The first kappa shape index (κ1) is 19.8. The molecule has 0 saturated heterocycles. The molecular weight excluding hydrogens is 367 g/mol. The summed E-state index contributed by atoms with van der Waals surface area (Å²) < 4.78 is 0. The third-order valence-electron chi connectivity index (χ3n) is 3.36. The Morgan fingerprint density at radius 3 is 1.62 bits per heavy atom. The highest BCUT2D eigenvalue weighted by molar-refractivity contribution is 6.30. The second kappa shape index (κ2) is 9.80. The molecule has 0 aromatic heterocycles. The predicted octanol–water partition coefficient (Wildman–Crippen LogP) is 4.95. The monoisotopic (exact) mass is 386 g/mol. The van der Waals surface area contributed by atoms with Gasteiger partial charge in [-0.3, -0.25) is 0 Å². The number of nitrogens with zero attached hydrogens (tertiary/aromatic N) is 3. The minimum absolute atomic E-state index is 0.322. The molecule has 0 heterocycles. The SMILES string of the molecule is CN(C)C(N)=NN=C(/C=C/c1ccc(Cl)cc1)/C=C/c1ccc(Cl)cc1. The fraction of sp³-hybridized carbons (Fsp3) is 0.100.